The third kappa shape index (κ3) is 2.99. The molecule has 0 aliphatic rings. The maximum absolute atomic E-state index is 11.6. The van der Waals surface area contributed by atoms with Gasteiger partial charge in [-0.3, -0.25) is 4.68 Å². The number of rotatable bonds is 5. The molecule has 0 aliphatic carbocycles. The zero-order chi connectivity index (χ0) is 15.6. The van der Waals surface area contributed by atoms with E-state index in [1.165, 1.54) is 0 Å². The molecule has 1 aromatic heterocycles. The molecule has 21 heavy (non-hydrogen) atoms. The number of nitrogens with zero attached hydrogens (tertiary/aromatic N) is 2. The molecule has 0 saturated carbocycles. The van der Waals surface area contributed by atoms with Gasteiger partial charge in [-0.25, -0.2) is 4.79 Å². The van der Waals surface area contributed by atoms with Crippen molar-refractivity contribution in [1.82, 2.24) is 9.78 Å². The van der Waals surface area contributed by atoms with E-state index in [2.05, 4.69) is 18.9 Å². The predicted octanol–water partition coefficient (Wildman–Crippen LogP) is 4.23. The first kappa shape index (κ1) is 15.3. The first-order valence-corrected chi connectivity index (χ1v) is 7.38. The monoisotopic (exact) mass is 286 g/mol. The minimum absolute atomic E-state index is 0.238. The minimum atomic E-state index is -0.928. The molecule has 4 heteroatoms. The molecule has 0 radical (unpaired) electrons. The van der Waals surface area contributed by atoms with E-state index in [-0.39, 0.29) is 11.6 Å². The van der Waals surface area contributed by atoms with E-state index in [0.29, 0.717) is 5.69 Å². The van der Waals surface area contributed by atoms with Crippen molar-refractivity contribution in [2.45, 2.75) is 46.6 Å². The summed E-state index contributed by atoms with van der Waals surface area (Å²) in [5.41, 5.74) is 3.88. The predicted molar refractivity (Wildman–Crippen MR) is 83.7 cm³/mol. The summed E-state index contributed by atoms with van der Waals surface area (Å²) in [6.07, 6.45) is 3.53. The third-order valence-corrected chi connectivity index (χ3v) is 3.93. The van der Waals surface area contributed by atoms with Gasteiger partial charge in [0.2, 0.25) is 0 Å². The number of benzene rings is 1. The van der Waals surface area contributed by atoms with Crippen LogP contribution in [0.25, 0.3) is 11.3 Å². The van der Waals surface area contributed by atoms with Crippen LogP contribution in [0.15, 0.2) is 24.4 Å². The number of hydrogen-bond donors (Lipinski definition) is 1. The van der Waals surface area contributed by atoms with Gasteiger partial charge in [-0.05, 0) is 38.3 Å². The first-order chi connectivity index (χ1) is 9.97. The molecule has 1 N–H and O–H groups in total. The minimum Gasteiger partial charge on any atom is -0.478 e. The second-order valence-electron chi connectivity index (χ2n) is 5.47. The number of carbonyl (C=O) groups is 1. The Labute approximate surface area is 125 Å². The normalized spacial score (nSPS) is 11.1. The van der Waals surface area contributed by atoms with Gasteiger partial charge in [-0.15, -0.1) is 0 Å². The molecular weight excluding hydrogens is 264 g/mol. The van der Waals surface area contributed by atoms with Gasteiger partial charge < -0.3 is 5.11 Å². The fraction of sp³-hybridized carbons (Fsp3) is 0.412. The zero-order valence-electron chi connectivity index (χ0n) is 13.1. The Morgan fingerprint density at radius 1 is 1.29 bits per heavy atom. The fourth-order valence-electron chi connectivity index (χ4n) is 2.59. The maximum atomic E-state index is 11.6. The third-order valence-electron chi connectivity index (χ3n) is 3.93. The molecule has 0 spiro atoms. The van der Waals surface area contributed by atoms with Crippen LogP contribution in [0.2, 0.25) is 0 Å². The van der Waals surface area contributed by atoms with Crippen molar-refractivity contribution >= 4 is 5.97 Å². The van der Waals surface area contributed by atoms with Gasteiger partial charge in [0.25, 0.3) is 0 Å². The smallest absolute Gasteiger partial charge is 0.339 e. The van der Waals surface area contributed by atoms with Crippen LogP contribution in [-0.2, 0) is 0 Å². The van der Waals surface area contributed by atoms with Crippen LogP contribution in [0, 0.1) is 13.8 Å². The highest BCUT2D eigenvalue weighted by atomic mass is 16.4. The van der Waals surface area contributed by atoms with Crippen LogP contribution >= 0.6 is 0 Å². The van der Waals surface area contributed by atoms with Crippen molar-refractivity contribution in [1.29, 1.82) is 0 Å². The van der Waals surface area contributed by atoms with Crippen LogP contribution in [-0.4, -0.2) is 20.9 Å². The lowest BCUT2D eigenvalue weighted by atomic mass is 10.0. The van der Waals surface area contributed by atoms with Crippen LogP contribution in [0.4, 0.5) is 0 Å². The summed E-state index contributed by atoms with van der Waals surface area (Å²) in [6.45, 7) is 8.17. The molecule has 4 nitrogen and oxygen atoms in total. The van der Waals surface area contributed by atoms with Gasteiger partial charge in [0, 0.05) is 11.8 Å². The molecule has 2 aromatic rings. The summed E-state index contributed by atoms with van der Waals surface area (Å²) in [4.78, 5) is 11.6. The Morgan fingerprint density at radius 3 is 2.52 bits per heavy atom. The number of aromatic carboxylic acids is 1. The number of aryl methyl sites for hydroxylation is 2. The van der Waals surface area contributed by atoms with Crippen molar-refractivity contribution in [2.24, 2.45) is 0 Å². The molecule has 2 rings (SSSR count). The van der Waals surface area contributed by atoms with Crippen LogP contribution in [0.5, 0.6) is 0 Å². The van der Waals surface area contributed by atoms with E-state index >= 15 is 0 Å². The lowest BCUT2D eigenvalue weighted by molar-refractivity contribution is 0.0697. The van der Waals surface area contributed by atoms with Crippen molar-refractivity contribution in [3.8, 4) is 11.3 Å². The van der Waals surface area contributed by atoms with Crippen molar-refractivity contribution in [3.63, 3.8) is 0 Å². The molecule has 0 amide bonds. The Kier molecular flexibility index (Phi) is 4.46. The maximum Gasteiger partial charge on any atom is 0.339 e. The van der Waals surface area contributed by atoms with Gasteiger partial charge in [0.05, 0.1) is 6.04 Å². The highest BCUT2D eigenvalue weighted by Gasteiger charge is 2.20. The molecule has 0 atom stereocenters. The molecule has 112 valence electrons. The van der Waals surface area contributed by atoms with Crippen molar-refractivity contribution < 1.29 is 9.90 Å². The average molecular weight is 286 g/mol. The largest absolute Gasteiger partial charge is 0.478 e. The lowest BCUT2D eigenvalue weighted by Gasteiger charge is -2.12. The molecule has 1 aromatic carbocycles. The topological polar surface area (TPSA) is 55.1 Å². The standard InChI is InChI=1S/C17H22N2O2/c1-5-13(6-2)19-10-15(17(20)21)16(18-19)14-9-11(3)7-8-12(14)4/h7-10,13H,5-6H2,1-4H3,(H,20,21). The molecular formula is C17H22N2O2. The summed E-state index contributed by atoms with van der Waals surface area (Å²) in [5, 5.41) is 14.1. The SMILES string of the molecule is CCC(CC)n1cc(C(=O)O)c(-c2cc(C)ccc2C)n1. The van der Waals surface area contributed by atoms with E-state index < -0.39 is 5.97 Å². The lowest BCUT2D eigenvalue weighted by Crippen LogP contribution is -2.07. The fourth-order valence-corrected chi connectivity index (χ4v) is 2.59. The van der Waals surface area contributed by atoms with E-state index in [0.717, 1.165) is 29.5 Å². The van der Waals surface area contributed by atoms with Crippen molar-refractivity contribution in [2.75, 3.05) is 0 Å². The second-order valence-corrected chi connectivity index (χ2v) is 5.47. The number of aromatic nitrogens is 2. The average Bonchev–Trinajstić information content (AvgIpc) is 2.88. The molecule has 1 heterocycles. The molecule has 0 bridgehead atoms. The summed E-state index contributed by atoms with van der Waals surface area (Å²) in [7, 11) is 0. The quantitative estimate of drug-likeness (QED) is 0.895. The number of carboxylic acid groups (broad SMARTS) is 1. The van der Waals surface area contributed by atoms with Gasteiger partial charge in [-0.1, -0.05) is 31.5 Å². The highest BCUT2D eigenvalue weighted by molar-refractivity contribution is 5.95. The van der Waals surface area contributed by atoms with Crippen LogP contribution in [0.3, 0.4) is 0 Å². The molecule has 0 saturated heterocycles. The Balaban J connectivity index is 2.61. The van der Waals surface area contributed by atoms with Crippen molar-refractivity contribution in [3.05, 3.63) is 41.1 Å². The van der Waals surface area contributed by atoms with Crippen LogP contribution < -0.4 is 0 Å². The Hall–Kier alpha value is -2.10. The molecule has 0 aliphatic heterocycles. The Bertz CT molecular complexity index is 655. The highest BCUT2D eigenvalue weighted by Crippen LogP contribution is 2.28. The number of hydrogen-bond acceptors (Lipinski definition) is 2. The summed E-state index contributed by atoms with van der Waals surface area (Å²) in [6, 6.07) is 6.27. The van der Waals surface area contributed by atoms with E-state index in [4.69, 9.17) is 0 Å². The second kappa shape index (κ2) is 6.12. The van der Waals surface area contributed by atoms with Crippen LogP contribution in [0.1, 0.15) is 54.2 Å². The zero-order valence-corrected chi connectivity index (χ0v) is 13.1. The Morgan fingerprint density at radius 2 is 1.95 bits per heavy atom. The first-order valence-electron chi connectivity index (χ1n) is 7.38. The van der Waals surface area contributed by atoms with E-state index in [1.54, 1.807) is 10.9 Å². The van der Waals surface area contributed by atoms with Gasteiger partial charge >= 0.3 is 5.97 Å². The summed E-state index contributed by atoms with van der Waals surface area (Å²) >= 11 is 0. The van der Waals surface area contributed by atoms with Gasteiger partial charge in [0.15, 0.2) is 0 Å². The summed E-state index contributed by atoms with van der Waals surface area (Å²) in [5.74, 6) is -0.928. The van der Waals surface area contributed by atoms with Gasteiger partial charge in [0.1, 0.15) is 11.3 Å². The molecule has 0 fully saturated rings. The van der Waals surface area contributed by atoms with E-state index in [1.807, 2.05) is 32.0 Å². The summed E-state index contributed by atoms with van der Waals surface area (Å²) < 4.78 is 1.81. The van der Waals surface area contributed by atoms with E-state index in [9.17, 15) is 9.90 Å². The number of carboxylic acids is 1. The van der Waals surface area contributed by atoms with Gasteiger partial charge in [-0.2, -0.15) is 5.10 Å². The molecule has 0 unspecified atom stereocenters.